The van der Waals surface area contributed by atoms with Gasteiger partial charge in [0.05, 0.1) is 0 Å². The Hall–Kier alpha value is -2.66. The summed E-state index contributed by atoms with van der Waals surface area (Å²) in [6, 6.07) is 19.9. The standard InChI is InChI=1S/C19H19N.HNO3/c1-20-12-11-16-15-9-5-6-10-17(15)19(18(16)13-20)14-7-3-2-4-8-14;2-1(3)4/h2-10,19H,11-13H2,1H3;(H,2,3,4). The number of hydrogen-bond donors (Lipinski definition) is 1. The van der Waals surface area contributed by atoms with Crippen molar-refractivity contribution in [3.05, 3.63) is 87.0 Å². The van der Waals surface area contributed by atoms with Crippen LogP contribution in [0, 0.1) is 10.1 Å². The van der Waals surface area contributed by atoms with E-state index in [1.807, 2.05) is 0 Å². The van der Waals surface area contributed by atoms with Crippen LogP contribution in [0.4, 0.5) is 0 Å². The van der Waals surface area contributed by atoms with Crippen molar-refractivity contribution in [3.8, 4) is 0 Å². The van der Waals surface area contributed by atoms with Crippen LogP contribution in [0.15, 0.2) is 60.2 Å². The van der Waals surface area contributed by atoms with Crippen molar-refractivity contribution < 1.29 is 10.3 Å². The molecule has 0 saturated carbocycles. The quantitative estimate of drug-likeness (QED) is 0.643. The molecule has 4 rings (SSSR count). The molecule has 5 heteroatoms. The SMILES string of the molecule is CN1CCC2=C(C1)C(c1ccccc1)c1ccccc12.O=[N+]([O-])O. The molecule has 2 aliphatic rings. The molecule has 0 bridgehead atoms. The van der Waals surface area contributed by atoms with Crippen LogP contribution in [0.25, 0.3) is 5.57 Å². The van der Waals surface area contributed by atoms with Crippen molar-refractivity contribution in [3.63, 3.8) is 0 Å². The molecule has 0 saturated heterocycles. The van der Waals surface area contributed by atoms with E-state index in [2.05, 4.69) is 66.5 Å². The predicted octanol–water partition coefficient (Wildman–Crippen LogP) is 3.57. The van der Waals surface area contributed by atoms with Crippen molar-refractivity contribution in [2.24, 2.45) is 0 Å². The summed E-state index contributed by atoms with van der Waals surface area (Å²) in [4.78, 5) is 10.8. The van der Waals surface area contributed by atoms with Crippen molar-refractivity contribution in [1.29, 1.82) is 0 Å². The van der Waals surface area contributed by atoms with Crippen molar-refractivity contribution in [2.45, 2.75) is 12.3 Å². The fourth-order valence-corrected chi connectivity index (χ4v) is 3.74. The van der Waals surface area contributed by atoms with Gasteiger partial charge in [0.2, 0.25) is 0 Å². The second-order valence-corrected chi connectivity index (χ2v) is 6.16. The van der Waals surface area contributed by atoms with E-state index in [0.717, 1.165) is 6.54 Å². The Bertz CT molecular complexity index is 767. The van der Waals surface area contributed by atoms with E-state index in [1.165, 1.54) is 29.7 Å². The minimum Gasteiger partial charge on any atom is -0.328 e. The summed E-state index contributed by atoms with van der Waals surface area (Å²) in [5.74, 6) is 0.463. The molecule has 0 aromatic heterocycles. The molecule has 0 fully saturated rings. The molecular weight excluding hydrogens is 304 g/mol. The summed E-state index contributed by atoms with van der Waals surface area (Å²) in [5, 5.41) is 13.6. The number of hydrogen-bond acceptors (Lipinski definition) is 3. The summed E-state index contributed by atoms with van der Waals surface area (Å²) in [5.41, 5.74) is 7.64. The third kappa shape index (κ3) is 3.16. The molecular formula is C19H20N2O3. The fourth-order valence-electron chi connectivity index (χ4n) is 3.74. The second-order valence-electron chi connectivity index (χ2n) is 6.16. The van der Waals surface area contributed by atoms with Gasteiger partial charge in [-0.05, 0) is 41.3 Å². The minimum absolute atomic E-state index is 0.463. The van der Waals surface area contributed by atoms with E-state index >= 15 is 0 Å². The molecule has 1 aliphatic carbocycles. The first-order valence-corrected chi connectivity index (χ1v) is 7.96. The average Bonchev–Trinajstić information content (AvgIpc) is 2.88. The number of rotatable bonds is 1. The highest BCUT2D eigenvalue weighted by Gasteiger charge is 2.34. The van der Waals surface area contributed by atoms with Gasteiger partial charge in [0.25, 0.3) is 5.09 Å². The Kier molecular flexibility index (Phi) is 4.62. The van der Waals surface area contributed by atoms with Crippen molar-refractivity contribution >= 4 is 5.57 Å². The molecule has 2 aromatic rings. The van der Waals surface area contributed by atoms with Gasteiger partial charge >= 0.3 is 0 Å². The lowest BCUT2D eigenvalue weighted by Crippen LogP contribution is -2.27. The Morgan fingerprint density at radius 3 is 2.46 bits per heavy atom. The molecule has 5 nitrogen and oxygen atoms in total. The van der Waals surface area contributed by atoms with Crippen LogP contribution in [0.3, 0.4) is 0 Å². The maximum atomic E-state index is 8.36. The number of nitrogens with zero attached hydrogens (tertiary/aromatic N) is 2. The fraction of sp³-hybridized carbons (Fsp3) is 0.263. The van der Waals surface area contributed by atoms with Crippen LogP contribution in [0.2, 0.25) is 0 Å². The van der Waals surface area contributed by atoms with Gasteiger partial charge in [-0.2, -0.15) is 0 Å². The highest BCUT2D eigenvalue weighted by molar-refractivity contribution is 5.81. The van der Waals surface area contributed by atoms with Gasteiger partial charge < -0.3 is 10.1 Å². The van der Waals surface area contributed by atoms with Crippen LogP contribution in [0.1, 0.15) is 29.0 Å². The Labute approximate surface area is 141 Å². The average molecular weight is 324 g/mol. The largest absolute Gasteiger partial charge is 0.328 e. The van der Waals surface area contributed by atoms with E-state index in [4.69, 9.17) is 15.3 Å². The molecule has 0 radical (unpaired) electrons. The Morgan fingerprint density at radius 1 is 1.12 bits per heavy atom. The first-order valence-electron chi connectivity index (χ1n) is 7.96. The van der Waals surface area contributed by atoms with Gasteiger partial charge in [-0.25, -0.2) is 0 Å². The van der Waals surface area contributed by atoms with E-state index < -0.39 is 5.09 Å². The highest BCUT2D eigenvalue weighted by Crippen LogP contribution is 2.48. The second kappa shape index (κ2) is 6.84. The van der Waals surface area contributed by atoms with Crippen LogP contribution in [-0.2, 0) is 0 Å². The zero-order valence-electron chi connectivity index (χ0n) is 13.6. The third-order valence-electron chi connectivity index (χ3n) is 4.65. The summed E-state index contributed by atoms with van der Waals surface area (Å²) >= 11 is 0. The van der Waals surface area contributed by atoms with Crippen LogP contribution in [0.5, 0.6) is 0 Å². The summed E-state index contributed by atoms with van der Waals surface area (Å²) in [7, 11) is 2.23. The Morgan fingerprint density at radius 2 is 1.75 bits per heavy atom. The maximum absolute atomic E-state index is 8.36. The summed E-state index contributed by atoms with van der Waals surface area (Å²) < 4.78 is 0. The lowest BCUT2D eigenvalue weighted by molar-refractivity contribution is -0.742. The normalized spacial score (nSPS) is 19.1. The molecule has 24 heavy (non-hydrogen) atoms. The van der Waals surface area contributed by atoms with Gasteiger partial charge in [0.1, 0.15) is 0 Å². The van der Waals surface area contributed by atoms with E-state index in [-0.39, 0.29) is 0 Å². The molecule has 0 spiro atoms. The van der Waals surface area contributed by atoms with Gasteiger partial charge in [-0.3, -0.25) is 0 Å². The monoisotopic (exact) mass is 324 g/mol. The smallest absolute Gasteiger partial charge is 0.291 e. The van der Waals surface area contributed by atoms with Crippen LogP contribution < -0.4 is 0 Å². The number of likely N-dealkylation sites (N-methyl/N-ethyl adjacent to an activating group) is 1. The molecule has 1 atom stereocenters. The van der Waals surface area contributed by atoms with Gasteiger partial charge in [-0.1, -0.05) is 54.6 Å². The van der Waals surface area contributed by atoms with E-state index in [0.29, 0.717) is 5.92 Å². The van der Waals surface area contributed by atoms with Crippen LogP contribution in [-0.4, -0.2) is 35.3 Å². The predicted molar refractivity (Wildman–Crippen MR) is 92.5 cm³/mol. The molecule has 1 heterocycles. The molecule has 2 aromatic carbocycles. The molecule has 1 aliphatic heterocycles. The van der Waals surface area contributed by atoms with Crippen molar-refractivity contribution in [2.75, 3.05) is 20.1 Å². The van der Waals surface area contributed by atoms with Gasteiger partial charge in [-0.15, -0.1) is 10.1 Å². The minimum atomic E-state index is -1.50. The first-order chi connectivity index (χ1) is 11.6. The topological polar surface area (TPSA) is 66.6 Å². The van der Waals surface area contributed by atoms with Crippen LogP contribution >= 0.6 is 0 Å². The van der Waals surface area contributed by atoms with Crippen molar-refractivity contribution in [1.82, 2.24) is 4.90 Å². The zero-order valence-corrected chi connectivity index (χ0v) is 13.6. The first kappa shape index (κ1) is 16.2. The lowest BCUT2D eigenvalue weighted by Gasteiger charge is -2.27. The summed E-state index contributed by atoms with van der Waals surface area (Å²) in [6.45, 7) is 2.28. The maximum Gasteiger partial charge on any atom is 0.291 e. The zero-order chi connectivity index (χ0) is 17.1. The number of fused-ring (bicyclic) bond motifs is 2. The molecule has 0 amide bonds. The number of benzene rings is 2. The lowest BCUT2D eigenvalue weighted by atomic mass is 9.87. The summed E-state index contributed by atoms with van der Waals surface area (Å²) in [6.07, 6.45) is 1.19. The van der Waals surface area contributed by atoms with E-state index in [9.17, 15) is 0 Å². The van der Waals surface area contributed by atoms with Gasteiger partial charge in [0, 0.05) is 19.0 Å². The van der Waals surface area contributed by atoms with Gasteiger partial charge in [0.15, 0.2) is 0 Å². The molecule has 124 valence electrons. The molecule has 1 N–H and O–H groups in total. The van der Waals surface area contributed by atoms with E-state index in [1.54, 1.807) is 11.1 Å². The third-order valence-corrected chi connectivity index (χ3v) is 4.65. The molecule has 1 unspecified atom stereocenters. The highest BCUT2D eigenvalue weighted by atomic mass is 16.9. The Balaban J connectivity index is 0.000000383.